The standard InChI is InChI=1S/C14H25N5O2/c1-3-10-21-14-17-12(15-2)16-13(18-14)19(8-9-20)11-6-4-5-7-11/h11,20H,3-10H2,1-2H3,(H,15,16,17,18). The van der Waals surface area contributed by atoms with Gasteiger partial charge < -0.3 is 20.1 Å². The zero-order valence-electron chi connectivity index (χ0n) is 12.9. The van der Waals surface area contributed by atoms with Crippen molar-refractivity contribution in [2.45, 2.75) is 45.1 Å². The van der Waals surface area contributed by atoms with Crippen molar-refractivity contribution in [2.24, 2.45) is 0 Å². The Morgan fingerprint density at radius 2 is 2.05 bits per heavy atom. The van der Waals surface area contributed by atoms with E-state index in [1.807, 2.05) is 6.92 Å². The van der Waals surface area contributed by atoms with Gasteiger partial charge >= 0.3 is 6.01 Å². The maximum Gasteiger partial charge on any atom is 0.323 e. The molecule has 1 aliphatic rings. The van der Waals surface area contributed by atoms with E-state index in [0.717, 1.165) is 19.3 Å². The van der Waals surface area contributed by atoms with Crippen LogP contribution >= 0.6 is 0 Å². The topological polar surface area (TPSA) is 83.4 Å². The first-order chi connectivity index (χ1) is 10.3. The number of aliphatic hydroxyl groups excluding tert-OH is 1. The highest BCUT2D eigenvalue weighted by molar-refractivity contribution is 5.39. The molecule has 7 nitrogen and oxygen atoms in total. The zero-order chi connectivity index (χ0) is 15.1. The van der Waals surface area contributed by atoms with Gasteiger partial charge in [-0.15, -0.1) is 0 Å². The average molecular weight is 295 g/mol. The molecule has 0 atom stereocenters. The molecule has 0 unspecified atom stereocenters. The summed E-state index contributed by atoms with van der Waals surface area (Å²) in [5, 5.41) is 12.3. The smallest absolute Gasteiger partial charge is 0.323 e. The van der Waals surface area contributed by atoms with Crippen molar-refractivity contribution in [3.63, 3.8) is 0 Å². The normalized spacial score (nSPS) is 15.2. The molecule has 1 aliphatic carbocycles. The number of aromatic nitrogens is 3. The third kappa shape index (κ3) is 4.17. The van der Waals surface area contributed by atoms with Crippen molar-refractivity contribution in [3.8, 4) is 6.01 Å². The lowest BCUT2D eigenvalue weighted by atomic mass is 10.2. The van der Waals surface area contributed by atoms with Crippen LogP contribution in [0.25, 0.3) is 0 Å². The molecule has 0 amide bonds. The second kappa shape index (κ2) is 7.97. The summed E-state index contributed by atoms with van der Waals surface area (Å²) in [6, 6.07) is 0.732. The van der Waals surface area contributed by atoms with Crippen LogP contribution in [0.15, 0.2) is 0 Å². The number of rotatable bonds is 8. The molecule has 0 bridgehead atoms. The lowest BCUT2D eigenvalue weighted by Gasteiger charge is -2.28. The third-order valence-electron chi connectivity index (χ3n) is 3.63. The highest BCUT2D eigenvalue weighted by Crippen LogP contribution is 2.27. The molecule has 2 N–H and O–H groups in total. The fourth-order valence-electron chi connectivity index (χ4n) is 2.61. The molecule has 0 spiro atoms. The largest absolute Gasteiger partial charge is 0.463 e. The number of nitrogens with one attached hydrogen (secondary N) is 1. The van der Waals surface area contributed by atoms with E-state index >= 15 is 0 Å². The van der Waals surface area contributed by atoms with Crippen LogP contribution in [-0.2, 0) is 0 Å². The third-order valence-corrected chi connectivity index (χ3v) is 3.63. The fourth-order valence-corrected chi connectivity index (χ4v) is 2.61. The van der Waals surface area contributed by atoms with Gasteiger partial charge in [-0.25, -0.2) is 0 Å². The summed E-state index contributed by atoms with van der Waals surface area (Å²) < 4.78 is 5.54. The lowest BCUT2D eigenvalue weighted by molar-refractivity contribution is 0.287. The summed E-state index contributed by atoms with van der Waals surface area (Å²) in [4.78, 5) is 15.1. The number of ether oxygens (including phenoxy) is 1. The minimum atomic E-state index is 0.0855. The van der Waals surface area contributed by atoms with E-state index in [4.69, 9.17) is 4.74 Å². The van der Waals surface area contributed by atoms with Gasteiger partial charge in [-0.3, -0.25) is 0 Å². The monoisotopic (exact) mass is 295 g/mol. The van der Waals surface area contributed by atoms with E-state index in [9.17, 15) is 5.11 Å². The SMILES string of the molecule is CCCOc1nc(NC)nc(N(CCO)C2CCCC2)n1. The van der Waals surface area contributed by atoms with Crippen molar-refractivity contribution >= 4 is 11.9 Å². The minimum absolute atomic E-state index is 0.0855. The van der Waals surface area contributed by atoms with Gasteiger partial charge in [0, 0.05) is 19.6 Å². The molecular formula is C14H25N5O2. The summed E-state index contributed by atoms with van der Waals surface area (Å²) in [6.45, 7) is 3.24. The number of nitrogens with zero attached hydrogens (tertiary/aromatic N) is 4. The molecule has 2 rings (SSSR count). The Kier molecular flexibility index (Phi) is 5.98. The average Bonchev–Trinajstić information content (AvgIpc) is 3.04. The lowest BCUT2D eigenvalue weighted by Crippen LogP contribution is -2.37. The second-order valence-electron chi connectivity index (χ2n) is 5.20. The van der Waals surface area contributed by atoms with Gasteiger partial charge in [-0.2, -0.15) is 15.0 Å². The van der Waals surface area contributed by atoms with Crippen molar-refractivity contribution in [3.05, 3.63) is 0 Å². The Bertz CT molecular complexity index is 437. The van der Waals surface area contributed by atoms with Crippen LogP contribution in [0.1, 0.15) is 39.0 Å². The molecule has 1 saturated carbocycles. The summed E-state index contributed by atoms with van der Waals surface area (Å²) >= 11 is 0. The second-order valence-corrected chi connectivity index (χ2v) is 5.20. The number of aliphatic hydroxyl groups is 1. The molecule has 0 saturated heterocycles. The molecule has 0 radical (unpaired) electrons. The highest BCUT2D eigenvalue weighted by Gasteiger charge is 2.25. The summed E-state index contributed by atoms with van der Waals surface area (Å²) in [6.07, 6.45) is 5.57. The first-order valence-electron chi connectivity index (χ1n) is 7.72. The molecule has 0 aliphatic heterocycles. The summed E-state index contributed by atoms with van der Waals surface area (Å²) in [5.74, 6) is 1.08. The Labute approximate surface area is 125 Å². The maximum absolute atomic E-state index is 9.34. The fraction of sp³-hybridized carbons (Fsp3) is 0.786. The minimum Gasteiger partial charge on any atom is -0.463 e. The Hall–Kier alpha value is -1.63. The Balaban J connectivity index is 2.24. The molecule has 21 heavy (non-hydrogen) atoms. The van der Waals surface area contributed by atoms with Crippen LogP contribution in [0.3, 0.4) is 0 Å². The molecule has 7 heteroatoms. The Morgan fingerprint density at radius 3 is 2.67 bits per heavy atom. The number of hydrogen-bond donors (Lipinski definition) is 2. The number of hydrogen-bond acceptors (Lipinski definition) is 7. The number of anilines is 2. The van der Waals surface area contributed by atoms with Gasteiger partial charge in [0.25, 0.3) is 0 Å². The van der Waals surface area contributed by atoms with Crippen LogP contribution in [0, 0.1) is 0 Å². The Morgan fingerprint density at radius 1 is 1.29 bits per heavy atom. The van der Waals surface area contributed by atoms with E-state index in [2.05, 4.69) is 25.2 Å². The predicted molar refractivity (Wildman–Crippen MR) is 81.8 cm³/mol. The van der Waals surface area contributed by atoms with Gasteiger partial charge in [0.05, 0.1) is 13.2 Å². The summed E-state index contributed by atoms with van der Waals surface area (Å²) in [7, 11) is 1.77. The van der Waals surface area contributed by atoms with Gasteiger partial charge in [0.1, 0.15) is 0 Å². The first kappa shape index (κ1) is 15.8. The molecule has 1 fully saturated rings. The highest BCUT2D eigenvalue weighted by atomic mass is 16.5. The molecule has 1 heterocycles. The first-order valence-corrected chi connectivity index (χ1v) is 7.72. The van der Waals surface area contributed by atoms with Crippen LogP contribution in [0.5, 0.6) is 6.01 Å². The summed E-state index contributed by atoms with van der Waals surface area (Å²) in [5.41, 5.74) is 0. The van der Waals surface area contributed by atoms with Gasteiger partial charge in [-0.1, -0.05) is 19.8 Å². The van der Waals surface area contributed by atoms with Crippen LogP contribution in [0.2, 0.25) is 0 Å². The van der Waals surface area contributed by atoms with Crippen molar-refractivity contribution in [2.75, 3.05) is 37.0 Å². The van der Waals surface area contributed by atoms with Crippen molar-refractivity contribution in [1.82, 2.24) is 15.0 Å². The maximum atomic E-state index is 9.34. The molecule has 1 aromatic rings. The van der Waals surface area contributed by atoms with Crippen LogP contribution in [0.4, 0.5) is 11.9 Å². The molecule has 118 valence electrons. The predicted octanol–water partition coefficient (Wildman–Crippen LogP) is 1.44. The van der Waals surface area contributed by atoms with Gasteiger partial charge in [0.15, 0.2) is 0 Å². The van der Waals surface area contributed by atoms with E-state index < -0.39 is 0 Å². The van der Waals surface area contributed by atoms with Crippen molar-refractivity contribution < 1.29 is 9.84 Å². The van der Waals surface area contributed by atoms with Crippen molar-refractivity contribution in [1.29, 1.82) is 0 Å². The molecular weight excluding hydrogens is 270 g/mol. The van der Waals surface area contributed by atoms with E-state index in [0.29, 0.717) is 37.1 Å². The van der Waals surface area contributed by atoms with Crippen LogP contribution < -0.4 is 15.0 Å². The quantitative estimate of drug-likeness (QED) is 0.751. The van der Waals surface area contributed by atoms with Gasteiger partial charge in [-0.05, 0) is 19.3 Å². The van der Waals surface area contributed by atoms with Crippen LogP contribution in [-0.4, -0.2) is 52.9 Å². The van der Waals surface area contributed by atoms with E-state index in [1.165, 1.54) is 12.8 Å². The van der Waals surface area contributed by atoms with Gasteiger partial charge in [0.2, 0.25) is 11.9 Å². The zero-order valence-corrected chi connectivity index (χ0v) is 12.9. The molecule has 1 aromatic heterocycles. The van der Waals surface area contributed by atoms with E-state index in [1.54, 1.807) is 7.05 Å². The van der Waals surface area contributed by atoms with E-state index in [-0.39, 0.29) is 6.61 Å². The molecule has 0 aromatic carbocycles.